The Balaban J connectivity index is 0.00000897. The molecule has 0 fully saturated rings. The maximum absolute atomic E-state index is 9.41. The summed E-state index contributed by atoms with van der Waals surface area (Å²) in [6.45, 7) is 25.0. The minimum Gasteiger partial charge on any atom is -0.508 e. The van der Waals surface area contributed by atoms with Gasteiger partial charge in [0.05, 0.1) is 24.8 Å². The van der Waals surface area contributed by atoms with Gasteiger partial charge in [-0.3, -0.25) is 0 Å². The largest absolute Gasteiger partial charge is 2.00 e. The summed E-state index contributed by atoms with van der Waals surface area (Å²) in [5, 5.41) is 1.77. The minimum absolute atomic E-state index is 0. The summed E-state index contributed by atoms with van der Waals surface area (Å²) in [7, 11) is 0. The number of ether oxygens (including phenoxy) is 1. The fourth-order valence-electron chi connectivity index (χ4n) is 11.3. The van der Waals surface area contributed by atoms with E-state index < -0.39 is 60.4 Å². The van der Waals surface area contributed by atoms with Gasteiger partial charge < -0.3 is 9.30 Å². The molecule has 0 saturated carbocycles. The molecule has 87 heavy (non-hydrogen) atoms. The van der Waals surface area contributed by atoms with Crippen molar-refractivity contribution >= 4 is 50.6 Å². The van der Waals surface area contributed by atoms with E-state index in [1.165, 1.54) is 0 Å². The van der Waals surface area contributed by atoms with Crippen LogP contribution in [0.3, 0.4) is 0 Å². The number of hydrogen-bond acceptors (Lipinski definition) is 5. The normalized spacial score (nSPS) is 14.1. The summed E-state index contributed by atoms with van der Waals surface area (Å²) in [5.41, 5.74) is 10.1. The Labute approximate surface area is 539 Å². The van der Waals surface area contributed by atoms with E-state index in [0.717, 1.165) is 44.1 Å². The number of fused-ring (bicyclic) bond motifs is 4. The molecule has 0 atom stereocenters. The SMILES string of the molecule is [2H]c1c([2H])c([2H])c(-c2c(C)c(C)c(C)c(-c3c([2H])c([2H])c([2H])c([2H])c3[2H])c2[N+]2=C=[N+](c3[c-]c(Oc4[c-]c5c(cc4-c4nc(-c6ccc(C(C)(C)C)cc6)nc(-c6ccc(C(C)(C)C)cc6)n4)c4ccccc4n5-c4cc(C(C)(C)C)ccn4)ccc3)c3ccccc32)c([2H])c1[2H].[Pt+2]. The molecule has 13 rings (SSSR count). The molecule has 0 aliphatic carbocycles. The van der Waals surface area contributed by atoms with Gasteiger partial charge in [0.1, 0.15) is 17.3 Å². The zero-order chi connectivity index (χ0) is 68.5. The standard InChI is InChI=1S/C78H69N7O.Pt/c1-49-50(2)70(52-24-15-13-16-25-52)72(71(51(49)3)53-26-17-14-18-27-53)84-48-83(65-32-21-22-33-66(65)84)59-28-23-29-60(45-59)86-68-47-67-62(61-30-19-20-31-64(61)85(67)69-44-58(42-43-79-69)78(10,11)12)46-63(68)75-81-73(54-34-38-56(39-35-54)76(4,5)6)80-74(82-75)55-36-40-57(41-37-55)77(7,8)9;/h13-44,46H,1-12H3;/q;+2/i13D,14D,15D,16D,17D,18D,24D,25D,26D,27D;. The first-order chi connectivity index (χ1) is 45.4. The van der Waals surface area contributed by atoms with Gasteiger partial charge in [-0.05, 0) is 115 Å². The van der Waals surface area contributed by atoms with E-state index in [4.69, 9.17) is 32.9 Å². The number of hydrogen-bond donors (Lipinski definition) is 0. The van der Waals surface area contributed by atoms with Gasteiger partial charge >= 0.3 is 27.1 Å². The molecule has 430 valence electrons. The molecule has 4 heterocycles. The summed E-state index contributed by atoms with van der Waals surface area (Å²) in [6, 6.07) is 49.3. The number of rotatable bonds is 10. The molecule has 0 N–H and O–H groups in total. The molecule has 12 aromatic rings. The average molecular weight is 1330 g/mol. The Morgan fingerprint density at radius 1 is 0.506 bits per heavy atom. The molecule has 9 aromatic carbocycles. The Kier molecular flexibility index (Phi) is 12.2. The predicted molar refractivity (Wildman–Crippen MR) is 354 cm³/mol. The Hall–Kier alpha value is -9.19. The summed E-state index contributed by atoms with van der Waals surface area (Å²) in [6.07, 6.45) is 1.83. The zero-order valence-electron chi connectivity index (χ0n) is 60.6. The molecule has 9 heteroatoms. The minimum atomic E-state index is -0.586. The summed E-state index contributed by atoms with van der Waals surface area (Å²) in [5.74, 6) is 2.42. The third-order valence-electron chi connectivity index (χ3n) is 16.3. The second kappa shape index (κ2) is 22.6. The Morgan fingerprint density at radius 2 is 1.03 bits per heavy atom. The number of aromatic nitrogens is 5. The van der Waals surface area contributed by atoms with Gasteiger partial charge in [0.15, 0.2) is 11.6 Å². The molecule has 1 aliphatic rings. The van der Waals surface area contributed by atoms with Crippen molar-refractivity contribution in [2.45, 2.75) is 99.3 Å². The van der Waals surface area contributed by atoms with Crippen molar-refractivity contribution in [1.82, 2.24) is 33.7 Å². The Bertz CT molecular complexity index is 5120. The van der Waals surface area contributed by atoms with Crippen molar-refractivity contribution in [1.29, 1.82) is 0 Å². The van der Waals surface area contributed by atoms with Gasteiger partial charge in [0.2, 0.25) is 5.69 Å². The molecule has 0 amide bonds. The molecule has 8 nitrogen and oxygen atoms in total. The first-order valence-corrected chi connectivity index (χ1v) is 28.8. The van der Waals surface area contributed by atoms with Crippen molar-refractivity contribution in [2.24, 2.45) is 0 Å². The fraction of sp³-hybridized carbons (Fsp3) is 0.192. The van der Waals surface area contributed by atoms with Gasteiger partial charge in [0.25, 0.3) is 11.4 Å². The number of benzene rings is 9. The second-order valence-electron chi connectivity index (χ2n) is 25.0. The smallest absolute Gasteiger partial charge is 0.508 e. The molecular weight excluding hydrogens is 1250 g/mol. The molecular formula is C78H69N7OPt+2. The van der Waals surface area contributed by atoms with Crippen LogP contribution in [0.4, 0.5) is 22.7 Å². The fourth-order valence-corrected chi connectivity index (χ4v) is 11.3. The summed E-state index contributed by atoms with van der Waals surface area (Å²) >= 11 is 0. The third kappa shape index (κ3) is 10.9. The first kappa shape index (κ1) is 47.0. The number of pyridine rings is 1. The maximum Gasteiger partial charge on any atom is 2.00 e. The average Bonchev–Trinajstić information content (AvgIpc) is 1.72. The monoisotopic (exact) mass is 1320 g/mol. The molecule has 0 radical (unpaired) electrons. The van der Waals surface area contributed by atoms with E-state index in [1.807, 2.05) is 98.0 Å². The predicted octanol–water partition coefficient (Wildman–Crippen LogP) is 19.8. The van der Waals surface area contributed by atoms with Gasteiger partial charge in [-0.15, -0.1) is 23.6 Å². The van der Waals surface area contributed by atoms with Crippen LogP contribution >= 0.6 is 0 Å². The maximum atomic E-state index is 9.41. The van der Waals surface area contributed by atoms with Gasteiger partial charge in [-0.1, -0.05) is 224 Å². The van der Waals surface area contributed by atoms with E-state index in [0.29, 0.717) is 68.1 Å². The first-order valence-electron chi connectivity index (χ1n) is 33.8. The van der Waals surface area contributed by atoms with E-state index in [-0.39, 0.29) is 76.8 Å². The van der Waals surface area contributed by atoms with E-state index in [1.54, 1.807) is 29.1 Å². The Morgan fingerprint density at radius 3 is 1.60 bits per heavy atom. The van der Waals surface area contributed by atoms with Crippen LogP contribution in [0, 0.1) is 32.9 Å². The number of para-hydroxylation sites is 3. The van der Waals surface area contributed by atoms with Gasteiger partial charge in [-0.2, -0.15) is 6.07 Å². The molecule has 0 saturated heterocycles. The van der Waals surface area contributed by atoms with E-state index in [9.17, 15) is 5.48 Å². The van der Waals surface area contributed by atoms with Crippen LogP contribution in [-0.2, 0) is 37.3 Å². The topological polar surface area (TPSA) is 71.7 Å². The van der Waals surface area contributed by atoms with Gasteiger partial charge in [0, 0.05) is 46.5 Å². The van der Waals surface area contributed by atoms with E-state index in [2.05, 4.69) is 127 Å². The third-order valence-corrected chi connectivity index (χ3v) is 16.3. The van der Waals surface area contributed by atoms with Crippen LogP contribution in [0.2, 0.25) is 0 Å². The van der Waals surface area contributed by atoms with Crippen molar-refractivity contribution < 1.29 is 39.5 Å². The van der Waals surface area contributed by atoms with Crippen LogP contribution in [0.1, 0.15) is 109 Å². The molecule has 1 aliphatic heterocycles. The van der Waals surface area contributed by atoms with Crippen LogP contribution < -0.4 is 13.9 Å². The van der Waals surface area contributed by atoms with Crippen molar-refractivity contribution in [3.05, 3.63) is 246 Å². The number of nitrogens with zero attached hydrogens (tertiary/aromatic N) is 7. The van der Waals surface area contributed by atoms with Crippen LogP contribution in [0.25, 0.3) is 84.0 Å². The van der Waals surface area contributed by atoms with Crippen molar-refractivity contribution in [2.75, 3.05) is 0 Å². The summed E-state index contributed by atoms with van der Waals surface area (Å²) in [4.78, 5) is 20.8. The van der Waals surface area contributed by atoms with Crippen molar-refractivity contribution in [3.8, 4) is 73.7 Å². The quantitative estimate of drug-likeness (QED) is 0.101. The van der Waals surface area contributed by atoms with Crippen LogP contribution in [-0.4, -0.2) is 30.5 Å². The van der Waals surface area contributed by atoms with E-state index >= 15 is 0 Å². The van der Waals surface area contributed by atoms with Crippen molar-refractivity contribution in [3.63, 3.8) is 0 Å². The molecule has 0 spiro atoms. The molecule has 0 bridgehead atoms. The second-order valence-corrected chi connectivity index (χ2v) is 25.0. The van der Waals surface area contributed by atoms with Crippen LogP contribution in [0.15, 0.2) is 200 Å². The summed E-state index contributed by atoms with van der Waals surface area (Å²) < 4.78 is 103. The van der Waals surface area contributed by atoms with Crippen LogP contribution in [0.5, 0.6) is 11.5 Å². The zero-order valence-corrected chi connectivity index (χ0v) is 52.9. The molecule has 0 unspecified atom stereocenters. The van der Waals surface area contributed by atoms with Gasteiger partial charge in [-0.25, -0.2) is 19.9 Å². The molecule has 3 aromatic heterocycles.